The highest BCUT2D eigenvalue weighted by Crippen LogP contribution is 2.55. The Morgan fingerprint density at radius 1 is 1.32 bits per heavy atom. The molecule has 2 saturated carbocycles. The second kappa shape index (κ2) is 5.18. The van der Waals surface area contributed by atoms with E-state index in [9.17, 15) is 13.2 Å². The summed E-state index contributed by atoms with van der Waals surface area (Å²) in [5.41, 5.74) is -0.689. The van der Waals surface area contributed by atoms with Gasteiger partial charge < -0.3 is 9.64 Å². The van der Waals surface area contributed by atoms with E-state index < -0.39 is 21.4 Å². The number of hydrogen-bond acceptors (Lipinski definition) is 4. The van der Waals surface area contributed by atoms with Crippen molar-refractivity contribution in [1.82, 2.24) is 9.62 Å². The molecule has 126 valence electrons. The maximum atomic E-state index is 12.5. The number of ether oxygens (including phenoxy) is 1. The summed E-state index contributed by atoms with van der Waals surface area (Å²) in [6.45, 7) is 4.97. The molecule has 0 aromatic heterocycles. The molecule has 3 rings (SSSR count). The van der Waals surface area contributed by atoms with Gasteiger partial charge in [-0.2, -0.15) is 0 Å². The molecular weight excluding hydrogens is 304 g/mol. The zero-order valence-electron chi connectivity index (χ0n) is 13.6. The van der Waals surface area contributed by atoms with Crippen LogP contribution < -0.4 is 4.72 Å². The van der Waals surface area contributed by atoms with E-state index in [4.69, 9.17) is 4.74 Å². The minimum absolute atomic E-state index is 0.260. The second-order valence-corrected chi connectivity index (χ2v) is 9.65. The number of nitrogens with one attached hydrogen (secondary N) is 1. The van der Waals surface area contributed by atoms with Crippen LogP contribution in [0.1, 0.15) is 39.5 Å². The molecule has 1 aliphatic heterocycles. The van der Waals surface area contributed by atoms with E-state index in [1.54, 1.807) is 4.90 Å². The number of amides is 1. The van der Waals surface area contributed by atoms with Gasteiger partial charge in [0.1, 0.15) is 5.75 Å². The highest BCUT2D eigenvalue weighted by atomic mass is 32.2. The van der Waals surface area contributed by atoms with E-state index in [-0.39, 0.29) is 11.5 Å². The Morgan fingerprint density at radius 3 is 2.59 bits per heavy atom. The molecule has 3 fully saturated rings. The smallest absolute Gasteiger partial charge is 0.239 e. The van der Waals surface area contributed by atoms with Gasteiger partial charge >= 0.3 is 0 Å². The van der Waals surface area contributed by atoms with E-state index in [2.05, 4.69) is 4.72 Å². The second-order valence-electron chi connectivity index (χ2n) is 7.72. The Morgan fingerprint density at radius 2 is 2.05 bits per heavy atom. The van der Waals surface area contributed by atoms with Crippen molar-refractivity contribution in [2.75, 3.05) is 25.9 Å². The highest BCUT2D eigenvalue weighted by molar-refractivity contribution is 7.90. The minimum Gasteiger partial charge on any atom is -0.365 e. The van der Waals surface area contributed by atoms with Crippen molar-refractivity contribution >= 4 is 15.9 Å². The van der Waals surface area contributed by atoms with Crippen LogP contribution in [0.4, 0.5) is 0 Å². The first-order valence-corrected chi connectivity index (χ1v) is 9.69. The number of morpholine rings is 1. The molecule has 1 spiro atoms. The molecule has 1 N–H and O–H groups in total. The van der Waals surface area contributed by atoms with E-state index >= 15 is 0 Å². The largest absolute Gasteiger partial charge is 0.365 e. The van der Waals surface area contributed by atoms with Gasteiger partial charge in [-0.3, -0.25) is 4.79 Å². The zero-order chi connectivity index (χ0) is 16.2. The summed E-state index contributed by atoms with van der Waals surface area (Å²) in [6, 6.07) is 0. The number of nitrogens with zero attached hydrogens (tertiary/aromatic N) is 1. The van der Waals surface area contributed by atoms with Crippen LogP contribution in [0.2, 0.25) is 0 Å². The van der Waals surface area contributed by atoms with Crippen molar-refractivity contribution in [1.29, 1.82) is 0 Å². The van der Waals surface area contributed by atoms with Crippen molar-refractivity contribution in [3.8, 4) is 0 Å². The summed E-state index contributed by atoms with van der Waals surface area (Å²) in [5, 5.41) is 0. The molecule has 22 heavy (non-hydrogen) atoms. The Labute approximate surface area is 132 Å². The maximum absolute atomic E-state index is 12.5. The Hall–Kier alpha value is -0.660. The lowest BCUT2D eigenvalue weighted by atomic mass is 9.81. The third-order valence-electron chi connectivity index (χ3n) is 5.41. The average molecular weight is 330 g/mol. The predicted molar refractivity (Wildman–Crippen MR) is 82.8 cm³/mol. The lowest BCUT2D eigenvalue weighted by molar-refractivity contribution is -0.217. The molecule has 1 saturated heterocycles. The molecule has 0 aromatic rings. The standard InChI is InChI=1S/C15H26N2O4S/c1-14(2)9-17(13(18)8-22(19,20)16-3)10-15(21-14)7-11-4-5-12(15)6-11/h11-12,16H,4-10H2,1-3H3/t11-,12+,15+/m1/s1. The van der Waals surface area contributed by atoms with E-state index in [0.29, 0.717) is 24.9 Å². The zero-order valence-corrected chi connectivity index (χ0v) is 14.4. The Balaban J connectivity index is 1.79. The monoisotopic (exact) mass is 330 g/mol. The molecule has 1 amide bonds. The first-order chi connectivity index (χ1) is 10.1. The summed E-state index contributed by atoms with van der Waals surface area (Å²) in [4.78, 5) is 14.2. The quantitative estimate of drug-likeness (QED) is 0.828. The molecular formula is C15H26N2O4S. The molecule has 2 bridgehead atoms. The van der Waals surface area contributed by atoms with Crippen molar-refractivity contribution in [3.63, 3.8) is 0 Å². The van der Waals surface area contributed by atoms with Gasteiger partial charge in [-0.1, -0.05) is 0 Å². The van der Waals surface area contributed by atoms with E-state index in [1.165, 1.54) is 19.9 Å². The fourth-order valence-electron chi connectivity index (χ4n) is 4.67. The van der Waals surface area contributed by atoms with Crippen LogP contribution in [0.5, 0.6) is 0 Å². The predicted octanol–water partition coefficient (Wildman–Crippen LogP) is 0.732. The van der Waals surface area contributed by atoms with Gasteiger partial charge in [-0.15, -0.1) is 0 Å². The normalized spacial score (nSPS) is 37.0. The van der Waals surface area contributed by atoms with Crippen LogP contribution in [0.25, 0.3) is 0 Å². The lowest BCUT2D eigenvalue weighted by Crippen LogP contribution is -2.63. The number of carbonyl (C=O) groups is 1. The SMILES string of the molecule is CNS(=O)(=O)CC(=O)N1CC(C)(C)O[C@@]2(C[C@@H]3CC[C@H]2C3)C1. The molecule has 7 heteroatoms. The van der Waals surface area contributed by atoms with Crippen LogP contribution in [0.15, 0.2) is 0 Å². The van der Waals surface area contributed by atoms with Gasteiger partial charge in [-0.25, -0.2) is 13.1 Å². The topological polar surface area (TPSA) is 75.7 Å². The first-order valence-electron chi connectivity index (χ1n) is 8.04. The number of hydrogen-bond donors (Lipinski definition) is 1. The third-order valence-corrected chi connectivity index (χ3v) is 6.66. The van der Waals surface area contributed by atoms with Crippen LogP contribution in [-0.4, -0.2) is 56.3 Å². The van der Waals surface area contributed by atoms with E-state index in [1.807, 2.05) is 13.8 Å². The van der Waals surface area contributed by atoms with Crippen molar-refractivity contribution in [3.05, 3.63) is 0 Å². The molecule has 6 nitrogen and oxygen atoms in total. The summed E-state index contributed by atoms with van der Waals surface area (Å²) < 4.78 is 32.0. The van der Waals surface area contributed by atoms with Crippen molar-refractivity contribution in [2.45, 2.75) is 50.7 Å². The van der Waals surface area contributed by atoms with Gasteiger partial charge in [-0.05, 0) is 58.4 Å². The molecule has 0 unspecified atom stereocenters. The maximum Gasteiger partial charge on any atom is 0.239 e. The first kappa shape index (κ1) is 16.2. The van der Waals surface area contributed by atoms with Gasteiger partial charge in [0, 0.05) is 6.54 Å². The molecule has 1 heterocycles. The summed E-state index contributed by atoms with van der Waals surface area (Å²) >= 11 is 0. The van der Waals surface area contributed by atoms with Crippen molar-refractivity contribution in [2.24, 2.45) is 11.8 Å². The third kappa shape index (κ3) is 2.90. The number of rotatable bonds is 3. The Kier molecular flexibility index (Phi) is 3.81. The van der Waals surface area contributed by atoms with Gasteiger partial charge in [0.15, 0.2) is 0 Å². The molecule has 0 radical (unpaired) electrons. The van der Waals surface area contributed by atoms with Gasteiger partial charge in [0.25, 0.3) is 0 Å². The van der Waals surface area contributed by atoms with Gasteiger partial charge in [0.2, 0.25) is 15.9 Å². The fourth-order valence-corrected chi connectivity index (χ4v) is 5.32. The fraction of sp³-hybridized carbons (Fsp3) is 0.933. The number of sulfonamides is 1. The highest BCUT2D eigenvalue weighted by Gasteiger charge is 2.57. The van der Waals surface area contributed by atoms with Crippen LogP contribution in [0, 0.1) is 11.8 Å². The molecule has 3 aliphatic rings. The van der Waals surface area contributed by atoms with E-state index in [0.717, 1.165) is 12.8 Å². The minimum atomic E-state index is -3.53. The molecule has 3 atom stereocenters. The number of carbonyl (C=O) groups excluding carboxylic acids is 1. The average Bonchev–Trinajstić information content (AvgIpc) is 2.96. The molecule has 2 aliphatic carbocycles. The van der Waals surface area contributed by atoms with Crippen LogP contribution in [0.3, 0.4) is 0 Å². The van der Waals surface area contributed by atoms with Crippen molar-refractivity contribution < 1.29 is 17.9 Å². The lowest BCUT2D eigenvalue weighted by Gasteiger charge is -2.52. The van der Waals surface area contributed by atoms with Crippen LogP contribution in [-0.2, 0) is 19.6 Å². The number of fused-ring (bicyclic) bond motifs is 3. The van der Waals surface area contributed by atoms with Crippen LogP contribution >= 0.6 is 0 Å². The molecule has 0 aromatic carbocycles. The van der Waals surface area contributed by atoms with Gasteiger partial charge in [0.05, 0.1) is 17.7 Å². The summed E-state index contributed by atoms with van der Waals surface area (Å²) in [7, 11) is -2.20. The summed E-state index contributed by atoms with van der Waals surface area (Å²) in [6.07, 6.45) is 4.62. The summed E-state index contributed by atoms with van der Waals surface area (Å²) in [5.74, 6) is 0.405. The Bertz CT molecular complexity index is 574.